The van der Waals surface area contributed by atoms with Crippen LogP contribution in [0.1, 0.15) is 0 Å². The zero-order valence-corrected chi connectivity index (χ0v) is 23.2. The van der Waals surface area contributed by atoms with E-state index in [9.17, 15) is 10.0 Å². The van der Waals surface area contributed by atoms with Crippen molar-refractivity contribution in [2.24, 2.45) is 0 Å². The van der Waals surface area contributed by atoms with Gasteiger partial charge in [-0.1, -0.05) is 103 Å². The highest BCUT2D eigenvalue weighted by atomic mass is 16.4. The van der Waals surface area contributed by atoms with Crippen LogP contribution in [-0.2, 0) is 0 Å². The van der Waals surface area contributed by atoms with Gasteiger partial charge in [-0.15, -0.1) is 0 Å². The summed E-state index contributed by atoms with van der Waals surface area (Å²) in [7, 11) is -1.53. The Bertz CT molecular complexity index is 2270. The first-order chi connectivity index (χ1) is 21.1. The number of rotatable bonds is 5. The Morgan fingerprint density at radius 2 is 1.12 bits per heavy atom. The number of hydrogen-bond acceptors (Lipinski definition) is 4. The van der Waals surface area contributed by atoms with E-state index in [2.05, 4.69) is 120 Å². The van der Waals surface area contributed by atoms with Gasteiger partial charge in [-0.05, 0) is 80.6 Å². The van der Waals surface area contributed by atoms with Crippen molar-refractivity contribution in [1.29, 1.82) is 0 Å². The van der Waals surface area contributed by atoms with Crippen LogP contribution in [0.15, 0.2) is 150 Å². The van der Waals surface area contributed by atoms with Gasteiger partial charge >= 0.3 is 7.12 Å². The van der Waals surface area contributed by atoms with E-state index in [0.717, 1.165) is 50.0 Å². The molecule has 2 N–H and O–H groups in total. The molecule has 0 radical (unpaired) electrons. The second-order valence-corrected chi connectivity index (χ2v) is 10.8. The van der Waals surface area contributed by atoms with E-state index in [1.165, 1.54) is 21.7 Å². The lowest BCUT2D eigenvalue weighted by Crippen LogP contribution is -2.29. The van der Waals surface area contributed by atoms with Crippen molar-refractivity contribution in [3.8, 4) is 11.1 Å². The van der Waals surface area contributed by atoms with E-state index < -0.39 is 7.12 Å². The largest absolute Gasteiger partial charge is 0.488 e. The van der Waals surface area contributed by atoms with Crippen LogP contribution >= 0.6 is 0 Å². The molecule has 8 rings (SSSR count). The second kappa shape index (κ2) is 10.2. The highest BCUT2D eigenvalue weighted by Gasteiger charge is 2.21. The molecule has 0 bridgehead atoms. The van der Waals surface area contributed by atoms with E-state index >= 15 is 0 Å². The number of benzene rings is 7. The van der Waals surface area contributed by atoms with Crippen molar-refractivity contribution in [2.75, 3.05) is 4.90 Å². The predicted octanol–water partition coefficient (Wildman–Crippen LogP) is 8.71. The quantitative estimate of drug-likeness (QED) is 0.209. The van der Waals surface area contributed by atoms with Crippen LogP contribution in [0.2, 0.25) is 0 Å². The molecule has 0 aliphatic heterocycles. The Labute approximate surface area is 248 Å². The van der Waals surface area contributed by atoms with E-state index in [0.29, 0.717) is 5.46 Å². The zero-order chi connectivity index (χ0) is 28.9. The van der Waals surface area contributed by atoms with E-state index in [1.54, 1.807) is 12.1 Å². The summed E-state index contributed by atoms with van der Waals surface area (Å²) in [4.78, 5) is 2.16. The molecule has 1 heterocycles. The number of hydrogen-bond donors (Lipinski definition) is 2. The van der Waals surface area contributed by atoms with Gasteiger partial charge in [0.25, 0.3) is 0 Å². The van der Waals surface area contributed by atoms with Crippen LogP contribution in [0, 0.1) is 0 Å². The summed E-state index contributed by atoms with van der Waals surface area (Å²) in [5, 5.41) is 26.3. The normalized spacial score (nSPS) is 11.5. The first kappa shape index (κ1) is 25.4. The Morgan fingerprint density at radius 1 is 0.512 bits per heavy atom. The number of nitrogens with zero attached hydrogens (tertiary/aromatic N) is 1. The SMILES string of the molecule is OB(O)c1ccc(N(c2ccc(-c3cccc4ccccc34)cc2)c2cccc3c2oc2cc4ccccc4cc23)cc1. The molecule has 0 unspecified atom stereocenters. The van der Waals surface area contributed by atoms with Crippen LogP contribution in [0.5, 0.6) is 0 Å². The van der Waals surface area contributed by atoms with Crippen LogP contribution in [0.25, 0.3) is 54.6 Å². The molecule has 5 heteroatoms. The van der Waals surface area contributed by atoms with Crippen LogP contribution in [0.3, 0.4) is 0 Å². The Morgan fingerprint density at radius 3 is 1.86 bits per heavy atom. The number of anilines is 3. The minimum absolute atomic E-state index is 0.434. The maximum atomic E-state index is 9.73. The fourth-order valence-electron chi connectivity index (χ4n) is 6.13. The average molecular weight is 555 g/mol. The molecular weight excluding hydrogens is 529 g/mol. The minimum Gasteiger partial charge on any atom is -0.454 e. The van der Waals surface area contributed by atoms with Gasteiger partial charge in [0.2, 0.25) is 0 Å². The van der Waals surface area contributed by atoms with Crippen molar-refractivity contribution < 1.29 is 14.5 Å². The fourth-order valence-corrected chi connectivity index (χ4v) is 6.13. The number of furan rings is 1. The summed E-state index contributed by atoms with van der Waals surface area (Å²) >= 11 is 0. The summed E-state index contributed by atoms with van der Waals surface area (Å²) < 4.78 is 6.60. The molecule has 0 spiro atoms. The van der Waals surface area contributed by atoms with Gasteiger partial charge in [0.05, 0.1) is 5.69 Å². The fraction of sp³-hybridized carbons (Fsp3) is 0. The number of fused-ring (bicyclic) bond motifs is 5. The summed E-state index contributed by atoms with van der Waals surface area (Å²) in [5.74, 6) is 0. The molecule has 8 aromatic rings. The highest BCUT2D eigenvalue weighted by Crippen LogP contribution is 2.43. The molecule has 0 saturated heterocycles. The first-order valence-corrected chi connectivity index (χ1v) is 14.3. The molecule has 204 valence electrons. The molecule has 0 amide bonds. The third kappa shape index (κ3) is 4.34. The molecule has 0 atom stereocenters. The van der Waals surface area contributed by atoms with Crippen molar-refractivity contribution in [2.45, 2.75) is 0 Å². The molecule has 0 fully saturated rings. The Balaban J connectivity index is 1.31. The molecule has 43 heavy (non-hydrogen) atoms. The molecule has 1 aromatic heterocycles. The van der Waals surface area contributed by atoms with Gasteiger partial charge in [0.1, 0.15) is 5.58 Å². The summed E-state index contributed by atoms with van der Waals surface area (Å²) in [5.41, 5.74) is 7.11. The minimum atomic E-state index is -1.53. The average Bonchev–Trinajstić information content (AvgIpc) is 3.42. The molecule has 4 nitrogen and oxygen atoms in total. The standard InChI is InChI=1S/C38H26BNO3/c41-39(42)29-17-21-31(22-18-29)40(30-19-15-26(16-20-30)33-12-5-10-25-7-3-4-11-32(25)33)36-14-6-13-34-35-23-27-8-1-2-9-28(27)24-37(35)43-38(34)36/h1-24,41-42H. The van der Waals surface area contributed by atoms with Gasteiger partial charge in [-0.3, -0.25) is 0 Å². The highest BCUT2D eigenvalue weighted by molar-refractivity contribution is 6.58. The smallest absolute Gasteiger partial charge is 0.454 e. The lowest BCUT2D eigenvalue weighted by Gasteiger charge is -2.26. The van der Waals surface area contributed by atoms with Gasteiger partial charge in [-0.2, -0.15) is 0 Å². The van der Waals surface area contributed by atoms with Gasteiger partial charge in [0, 0.05) is 22.1 Å². The predicted molar refractivity (Wildman–Crippen MR) is 179 cm³/mol. The molecule has 0 saturated carbocycles. The first-order valence-electron chi connectivity index (χ1n) is 14.3. The summed E-state index contributed by atoms with van der Waals surface area (Å²) in [6.07, 6.45) is 0. The molecule has 0 aliphatic carbocycles. The monoisotopic (exact) mass is 555 g/mol. The van der Waals surface area contributed by atoms with Crippen molar-refractivity contribution in [1.82, 2.24) is 0 Å². The lowest BCUT2D eigenvalue weighted by atomic mass is 9.80. The molecule has 7 aromatic carbocycles. The van der Waals surface area contributed by atoms with Gasteiger partial charge < -0.3 is 19.4 Å². The Hall–Kier alpha value is -5.36. The number of para-hydroxylation sites is 1. The lowest BCUT2D eigenvalue weighted by molar-refractivity contribution is 0.426. The summed E-state index contributed by atoms with van der Waals surface area (Å²) in [6.45, 7) is 0. The third-order valence-corrected chi connectivity index (χ3v) is 8.26. The second-order valence-electron chi connectivity index (χ2n) is 10.8. The van der Waals surface area contributed by atoms with Crippen molar-refractivity contribution in [3.63, 3.8) is 0 Å². The van der Waals surface area contributed by atoms with E-state index in [1.807, 2.05) is 18.2 Å². The van der Waals surface area contributed by atoms with Crippen molar-refractivity contribution >= 4 is 73.1 Å². The Kier molecular flexibility index (Phi) is 6.00. The van der Waals surface area contributed by atoms with Gasteiger partial charge in [0.15, 0.2) is 5.58 Å². The van der Waals surface area contributed by atoms with Crippen LogP contribution in [-0.4, -0.2) is 17.2 Å². The van der Waals surface area contributed by atoms with Crippen LogP contribution in [0.4, 0.5) is 17.1 Å². The maximum absolute atomic E-state index is 9.73. The zero-order valence-electron chi connectivity index (χ0n) is 23.2. The van der Waals surface area contributed by atoms with E-state index in [4.69, 9.17) is 4.42 Å². The van der Waals surface area contributed by atoms with E-state index in [-0.39, 0.29) is 0 Å². The van der Waals surface area contributed by atoms with Gasteiger partial charge in [-0.25, -0.2) is 0 Å². The van der Waals surface area contributed by atoms with Crippen molar-refractivity contribution in [3.05, 3.63) is 146 Å². The third-order valence-electron chi connectivity index (χ3n) is 8.26. The molecule has 0 aliphatic rings. The van der Waals surface area contributed by atoms with Crippen LogP contribution < -0.4 is 10.4 Å². The maximum Gasteiger partial charge on any atom is 0.488 e. The topological polar surface area (TPSA) is 56.8 Å². The molecular formula is C38H26BNO3. The summed E-state index contributed by atoms with van der Waals surface area (Å²) in [6, 6.07) is 49.5.